The van der Waals surface area contributed by atoms with Gasteiger partial charge in [-0.2, -0.15) is 0 Å². The summed E-state index contributed by atoms with van der Waals surface area (Å²) < 4.78 is 0. The molecule has 0 N–H and O–H groups in total. The summed E-state index contributed by atoms with van der Waals surface area (Å²) in [6, 6.07) is 0. The van der Waals surface area contributed by atoms with E-state index in [4.69, 9.17) is 34.8 Å². The third kappa shape index (κ3) is 2.42. The summed E-state index contributed by atoms with van der Waals surface area (Å²) in [7, 11) is 0. The smallest absolute Gasteiger partial charge is 0.0621 e. The maximum absolute atomic E-state index is 6.40. The quantitative estimate of drug-likeness (QED) is 0.491. The van der Waals surface area contributed by atoms with E-state index in [0.29, 0.717) is 10.7 Å². The topological polar surface area (TPSA) is 0 Å². The second-order valence-electron chi connectivity index (χ2n) is 4.21. The first-order valence-corrected chi connectivity index (χ1v) is 6.91. The molecule has 0 radical (unpaired) electrons. The number of hydrogen-bond acceptors (Lipinski definition) is 0. The summed E-state index contributed by atoms with van der Waals surface area (Å²) in [6.45, 7) is 4.30. The molecule has 0 aromatic rings. The Kier molecular flexibility index (Phi) is 4.65. The minimum absolute atomic E-state index is 0.00801. The summed E-state index contributed by atoms with van der Waals surface area (Å²) in [6.07, 6.45) is 2.85. The summed E-state index contributed by atoms with van der Waals surface area (Å²) in [5, 5.41) is -0.0319. The van der Waals surface area contributed by atoms with Crippen molar-refractivity contribution in [2.45, 2.75) is 35.8 Å². The minimum Gasteiger partial charge on any atom is -0.122 e. The van der Waals surface area contributed by atoms with Crippen molar-refractivity contribution in [3.8, 4) is 0 Å². The van der Waals surface area contributed by atoms with Crippen molar-refractivity contribution in [2.75, 3.05) is 5.88 Å². The highest BCUT2D eigenvalue weighted by atomic mass is 79.9. The lowest BCUT2D eigenvalue weighted by molar-refractivity contribution is 0.315. The molecule has 0 aromatic heterocycles. The van der Waals surface area contributed by atoms with Gasteiger partial charge in [-0.1, -0.05) is 35.9 Å². The number of alkyl halides is 4. The van der Waals surface area contributed by atoms with Crippen LogP contribution in [0.5, 0.6) is 0 Å². The van der Waals surface area contributed by atoms with Gasteiger partial charge in [-0.05, 0) is 17.4 Å². The first-order chi connectivity index (χ1) is 6.41. The van der Waals surface area contributed by atoms with E-state index in [1.165, 1.54) is 0 Å². The zero-order valence-corrected chi connectivity index (χ0v) is 12.1. The molecule has 4 heteroatoms. The lowest BCUT2D eigenvalue weighted by Crippen LogP contribution is -2.43. The van der Waals surface area contributed by atoms with Gasteiger partial charge < -0.3 is 0 Å². The number of hydrogen-bond donors (Lipinski definition) is 0. The Morgan fingerprint density at radius 2 is 2.07 bits per heavy atom. The SMILES string of the molecule is CC1(C)[C@@H](Br)C[C@H](Cl)C(=CCCl)[C@@H]1Cl. The molecule has 0 unspecified atom stereocenters. The standard InChI is InChI=1S/C10H14BrCl3/c1-10(2)8(11)5-7(13)6(3-4-12)9(10)14/h3,7-9H,4-5H2,1-2H3/t7-,8-,9-/m0/s1. The molecule has 82 valence electrons. The predicted octanol–water partition coefficient (Wildman–Crippen LogP) is 4.56. The first-order valence-electron chi connectivity index (χ1n) is 4.59. The first kappa shape index (κ1) is 13.2. The fourth-order valence-electron chi connectivity index (χ4n) is 1.69. The fraction of sp³-hybridized carbons (Fsp3) is 0.800. The van der Waals surface area contributed by atoms with E-state index in [1.54, 1.807) is 0 Å². The molecule has 1 aliphatic carbocycles. The largest absolute Gasteiger partial charge is 0.122 e. The average molecular weight is 320 g/mol. The van der Waals surface area contributed by atoms with Crippen molar-refractivity contribution in [3.05, 3.63) is 11.6 Å². The van der Waals surface area contributed by atoms with Crippen LogP contribution < -0.4 is 0 Å². The average Bonchev–Trinajstić information content (AvgIpc) is 2.10. The van der Waals surface area contributed by atoms with Crippen LogP contribution in [0.1, 0.15) is 20.3 Å². The third-order valence-corrected chi connectivity index (χ3v) is 5.79. The maximum Gasteiger partial charge on any atom is 0.0621 e. The van der Waals surface area contributed by atoms with Crippen LogP contribution in [0.2, 0.25) is 0 Å². The molecule has 14 heavy (non-hydrogen) atoms. The summed E-state index contributed by atoms with van der Waals surface area (Å²) in [5.74, 6) is 0.477. The van der Waals surface area contributed by atoms with Gasteiger partial charge in [0.15, 0.2) is 0 Å². The Balaban J connectivity index is 2.95. The van der Waals surface area contributed by atoms with Crippen LogP contribution in [0.4, 0.5) is 0 Å². The number of allylic oxidation sites excluding steroid dienone is 2. The highest BCUT2D eigenvalue weighted by Gasteiger charge is 2.44. The molecule has 0 spiro atoms. The van der Waals surface area contributed by atoms with Crippen molar-refractivity contribution >= 4 is 50.7 Å². The molecule has 0 amide bonds. The molecule has 1 fully saturated rings. The lowest BCUT2D eigenvalue weighted by Gasteiger charge is -2.43. The maximum atomic E-state index is 6.40. The predicted molar refractivity (Wildman–Crippen MR) is 69.2 cm³/mol. The highest BCUT2D eigenvalue weighted by Crippen LogP contribution is 2.47. The van der Waals surface area contributed by atoms with E-state index in [0.717, 1.165) is 12.0 Å². The van der Waals surface area contributed by atoms with Crippen molar-refractivity contribution in [1.82, 2.24) is 0 Å². The molecule has 0 saturated heterocycles. The van der Waals surface area contributed by atoms with Gasteiger partial charge in [-0.25, -0.2) is 0 Å². The van der Waals surface area contributed by atoms with Crippen LogP contribution in [0.15, 0.2) is 11.6 Å². The molecular formula is C10H14BrCl3. The van der Waals surface area contributed by atoms with Crippen molar-refractivity contribution in [1.29, 1.82) is 0 Å². The molecule has 0 bridgehead atoms. The van der Waals surface area contributed by atoms with Crippen molar-refractivity contribution in [3.63, 3.8) is 0 Å². The molecule has 1 aliphatic rings. The van der Waals surface area contributed by atoms with Crippen LogP contribution in [0, 0.1) is 5.41 Å². The molecule has 0 heterocycles. The summed E-state index contributed by atoms with van der Waals surface area (Å²) in [5.41, 5.74) is 1.09. The van der Waals surface area contributed by atoms with Gasteiger partial charge in [0, 0.05) is 10.7 Å². The minimum atomic E-state index is -0.0399. The van der Waals surface area contributed by atoms with E-state index < -0.39 is 0 Å². The van der Waals surface area contributed by atoms with Crippen LogP contribution in [0.3, 0.4) is 0 Å². The van der Waals surface area contributed by atoms with Gasteiger partial charge in [0.25, 0.3) is 0 Å². The molecule has 0 aromatic carbocycles. The molecular weight excluding hydrogens is 306 g/mol. The van der Waals surface area contributed by atoms with Gasteiger partial charge in [0.2, 0.25) is 0 Å². The van der Waals surface area contributed by atoms with Gasteiger partial charge in [0.05, 0.1) is 10.8 Å². The molecule has 1 rings (SSSR count). The number of rotatable bonds is 1. The number of halogens is 4. The Morgan fingerprint density at radius 3 is 2.57 bits per heavy atom. The van der Waals surface area contributed by atoms with Crippen molar-refractivity contribution < 1.29 is 0 Å². The monoisotopic (exact) mass is 318 g/mol. The normalized spacial score (nSPS) is 40.1. The zero-order valence-electron chi connectivity index (χ0n) is 8.24. The van der Waals surface area contributed by atoms with E-state index in [9.17, 15) is 0 Å². The summed E-state index contributed by atoms with van der Waals surface area (Å²) in [4.78, 5) is 0.354. The lowest BCUT2D eigenvalue weighted by atomic mass is 9.74. The Labute approximate surface area is 109 Å². The van der Waals surface area contributed by atoms with E-state index in [1.807, 2.05) is 6.08 Å². The molecule has 3 atom stereocenters. The van der Waals surface area contributed by atoms with Crippen LogP contribution in [-0.4, -0.2) is 21.5 Å². The van der Waals surface area contributed by atoms with E-state index in [-0.39, 0.29) is 16.2 Å². The fourth-order valence-corrected chi connectivity index (χ4v) is 3.72. The zero-order chi connectivity index (χ0) is 10.9. The van der Waals surface area contributed by atoms with Gasteiger partial charge >= 0.3 is 0 Å². The molecule has 0 aliphatic heterocycles. The molecule has 1 saturated carbocycles. The van der Waals surface area contributed by atoms with E-state index >= 15 is 0 Å². The van der Waals surface area contributed by atoms with Gasteiger partial charge in [-0.15, -0.1) is 34.8 Å². The van der Waals surface area contributed by atoms with Gasteiger partial charge in [0.1, 0.15) is 0 Å². The third-order valence-electron chi connectivity index (χ3n) is 2.84. The molecule has 0 nitrogen and oxygen atoms in total. The van der Waals surface area contributed by atoms with Crippen molar-refractivity contribution in [2.24, 2.45) is 5.41 Å². The van der Waals surface area contributed by atoms with Crippen LogP contribution >= 0.6 is 50.7 Å². The second kappa shape index (κ2) is 4.95. The Hall–Kier alpha value is 1.09. The second-order valence-corrected chi connectivity index (χ2v) is 6.59. The highest BCUT2D eigenvalue weighted by molar-refractivity contribution is 9.09. The van der Waals surface area contributed by atoms with Crippen LogP contribution in [0.25, 0.3) is 0 Å². The Morgan fingerprint density at radius 1 is 1.50 bits per heavy atom. The van der Waals surface area contributed by atoms with Crippen LogP contribution in [-0.2, 0) is 0 Å². The van der Waals surface area contributed by atoms with E-state index in [2.05, 4.69) is 29.8 Å². The summed E-state index contributed by atoms with van der Waals surface area (Å²) >= 11 is 22.0. The Bertz CT molecular complexity index is 238. The van der Waals surface area contributed by atoms with Gasteiger partial charge in [-0.3, -0.25) is 0 Å².